The zero-order valence-electron chi connectivity index (χ0n) is 19.2. The minimum Gasteiger partial charge on any atom is -0.490 e. The molecule has 0 fully saturated rings. The zero-order chi connectivity index (χ0) is 23.5. The monoisotopic (exact) mass is 482 g/mol. The van der Waals surface area contributed by atoms with Crippen LogP contribution in [-0.4, -0.2) is 29.8 Å². The zero-order valence-corrected chi connectivity index (χ0v) is 20.8. The van der Waals surface area contributed by atoms with Gasteiger partial charge in [0.05, 0.1) is 13.2 Å². The molecule has 0 saturated carbocycles. The summed E-state index contributed by atoms with van der Waals surface area (Å²) in [5.74, 6) is 1.56. The molecule has 33 heavy (non-hydrogen) atoms. The van der Waals surface area contributed by atoms with Crippen LogP contribution in [0.25, 0.3) is 0 Å². The molecule has 3 rings (SSSR count). The number of hydrogen-bond acceptors (Lipinski definition) is 3. The van der Waals surface area contributed by atoms with Crippen LogP contribution >= 0.6 is 23.8 Å². The van der Waals surface area contributed by atoms with Crippen molar-refractivity contribution < 1.29 is 9.47 Å². The van der Waals surface area contributed by atoms with Gasteiger partial charge in [-0.15, -0.1) is 0 Å². The van der Waals surface area contributed by atoms with E-state index in [4.69, 9.17) is 33.3 Å². The number of nitrogens with zero attached hydrogens (tertiary/aromatic N) is 1. The maximum absolute atomic E-state index is 6.42. The minimum atomic E-state index is 0.600. The van der Waals surface area contributed by atoms with E-state index < -0.39 is 0 Å². The molecule has 174 valence electrons. The second-order valence-corrected chi connectivity index (χ2v) is 8.36. The van der Waals surface area contributed by atoms with Crippen LogP contribution in [0.1, 0.15) is 30.5 Å². The van der Waals surface area contributed by atoms with Crippen molar-refractivity contribution in [1.82, 2.24) is 10.2 Å². The lowest BCUT2D eigenvalue weighted by Crippen LogP contribution is -2.39. The van der Waals surface area contributed by atoms with Gasteiger partial charge < -0.3 is 19.7 Å². The number of hydrogen-bond donors (Lipinski definition) is 1. The van der Waals surface area contributed by atoms with Gasteiger partial charge in [-0.2, -0.15) is 0 Å². The highest BCUT2D eigenvalue weighted by Crippen LogP contribution is 2.28. The molecule has 0 amide bonds. The fourth-order valence-electron chi connectivity index (χ4n) is 3.51. The van der Waals surface area contributed by atoms with E-state index in [0.29, 0.717) is 38.0 Å². The third-order valence-electron chi connectivity index (χ3n) is 5.12. The Bertz CT molecular complexity index is 1030. The van der Waals surface area contributed by atoms with Crippen LogP contribution in [0.4, 0.5) is 0 Å². The number of halogens is 1. The summed E-state index contributed by atoms with van der Waals surface area (Å²) >= 11 is 12.2. The molecule has 0 spiro atoms. The van der Waals surface area contributed by atoms with Crippen molar-refractivity contribution in [3.8, 4) is 11.5 Å². The van der Waals surface area contributed by atoms with E-state index >= 15 is 0 Å². The molecule has 0 heterocycles. The second kappa shape index (κ2) is 13.1. The Balaban J connectivity index is 1.65. The number of thiocarbonyl (C=S) groups is 1. The third-order valence-corrected chi connectivity index (χ3v) is 5.89. The van der Waals surface area contributed by atoms with Gasteiger partial charge in [-0.1, -0.05) is 66.2 Å². The Morgan fingerprint density at radius 1 is 0.848 bits per heavy atom. The first-order valence-corrected chi connectivity index (χ1v) is 12.1. The van der Waals surface area contributed by atoms with Crippen molar-refractivity contribution in [2.75, 3.05) is 19.8 Å². The van der Waals surface area contributed by atoms with E-state index in [2.05, 4.69) is 28.4 Å². The Morgan fingerprint density at radius 3 is 2.27 bits per heavy atom. The largest absolute Gasteiger partial charge is 0.490 e. The Kier molecular flexibility index (Phi) is 9.85. The Morgan fingerprint density at radius 2 is 1.55 bits per heavy atom. The smallest absolute Gasteiger partial charge is 0.169 e. The quantitative estimate of drug-likeness (QED) is 0.326. The van der Waals surface area contributed by atoms with Gasteiger partial charge in [-0.05, 0) is 67.4 Å². The van der Waals surface area contributed by atoms with E-state index in [1.54, 1.807) is 0 Å². The molecule has 3 aromatic rings. The summed E-state index contributed by atoms with van der Waals surface area (Å²) < 4.78 is 11.4. The Labute approximate surface area is 207 Å². The molecule has 1 N–H and O–H groups in total. The average molecular weight is 483 g/mol. The molecule has 0 radical (unpaired) electrons. The standard InChI is InChI=1S/C27H31ClN2O2S/c1-3-31-25-15-14-21(18-26(25)32-4-2)16-17-29-27(33)30(19-22-10-6-5-7-11-22)20-23-12-8-9-13-24(23)28/h5-15,18H,3-4,16-17,19-20H2,1-2H3,(H,29,33). The van der Waals surface area contributed by atoms with E-state index in [-0.39, 0.29) is 0 Å². The van der Waals surface area contributed by atoms with Crippen molar-refractivity contribution in [3.63, 3.8) is 0 Å². The van der Waals surface area contributed by atoms with Gasteiger partial charge in [0.2, 0.25) is 0 Å². The number of nitrogens with one attached hydrogen (secondary N) is 1. The molecule has 0 aliphatic heterocycles. The summed E-state index contributed by atoms with van der Waals surface area (Å²) in [7, 11) is 0. The van der Waals surface area contributed by atoms with Crippen molar-refractivity contribution in [3.05, 3.63) is 94.5 Å². The molecule has 0 unspecified atom stereocenters. The van der Waals surface area contributed by atoms with Gasteiger partial charge in [-0.3, -0.25) is 0 Å². The van der Waals surface area contributed by atoms with Crippen LogP contribution < -0.4 is 14.8 Å². The van der Waals surface area contributed by atoms with Crippen LogP contribution in [0.3, 0.4) is 0 Å². The molecule has 0 saturated heterocycles. The van der Waals surface area contributed by atoms with Gasteiger partial charge in [0.15, 0.2) is 16.6 Å². The van der Waals surface area contributed by atoms with Gasteiger partial charge in [0.25, 0.3) is 0 Å². The summed E-state index contributed by atoms with van der Waals surface area (Å²) in [6.07, 6.45) is 0.817. The van der Waals surface area contributed by atoms with Crippen molar-refractivity contribution in [1.29, 1.82) is 0 Å². The van der Waals surface area contributed by atoms with E-state index in [9.17, 15) is 0 Å². The number of rotatable bonds is 11. The predicted octanol–water partition coefficient (Wildman–Crippen LogP) is 6.26. The van der Waals surface area contributed by atoms with Crippen molar-refractivity contribution >= 4 is 28.9 Å². The predicted molar refractivity (Wildman–Crippen MR) is 140 cm³/mol. The fourth-order valence-corrected chi connectivity index (χ4v) is 3.94. The van der Waals surface area contributed by atoms with E-state index in [0.717, 1.165) is 34.1 Å². The number of benzene rings is 3. The number of ether oxygens (including phenoxy) is 2. The third kappa shape index (κ3) is 7.65. The lowest BCUT2D eigenvalue weighted by molar-refractivity contribution is 0.287. The van der Waals surface area contributed by atoms with E-state index in [1.165, 1.54) is 5.56 Å². The topological polar surface area (TPSA) is 33.7 Å². The average Bonchev–Trinajstić information content (AvgIpc) is 2.82. The molecule has 0 aliphatic rings. The summed E-state index contributed by atoms with van der Waals surface area (Å²) in [6, 6.07) is 24.3. The first-order chi connectivity index (χ1) is 16.1. The van der Waals surface area contributed by atoms with Crippen LogP contribution in [0, 0.1) is 0 Å². The van der Waals surface area contributed by atoms with Gasteiger partial charge >= 0.3 is 0 Å². The molecular formula is C27H31ClN2O2S. The van der Waals surface area contributed by atoms with Gasteiger partial charge in [0, 0.05) is 24.7 Å². The normalized spacial score (nSPS) is 10.5. The van der Waals surface area contributed by atoms with Crippen LogP contribution in [0.2, 0.25) is 5.02 Å². The summed E-state index contributed by atoms with van der Waals surface area (Å²) in [6.45, 7) is 7.21. The molecule has 0 bridgehead atoms. The first kappa shape index (κ1) is 24.9. The summed E-state index contributed by atoms with van der Waals surface area (Å²) in [5.41, 5.74) is 3.41. The van der Waals surface area contributed by atoms with Crippen molar-refractivity contribution in [2.24, 2.45) is 0 Å². The van der Waals surface area contributed by atoms with Gasteiger partial charge in [-0.25, -0.2) is 0 Å². The highest BCUT2D eigenvalue weighted by atomic mass is 35.5. The van der Waals surface area contributed by atoms with Gasteiger partial charge in [0.1, 0.15) is 0 Å². The van der Waals surface area contributed by atoms with Crippen LogP contribution in [0.15, 0.2) is 72.8 Å². The van der Waals surface area contributed by atoms with Crippen LogP contribution in [-0.2, 0) is 19.5 Å². The lowest BCUT2D eigenvalue weighted by Gasteiger charge is -2.27. The minimum absolute atomic E-state index is 0.600. The fraction of sp³-hybridized carbons (Fsp3) is 0.296. The molecule has 3 aromatic carbocycles. The summed E-state index contributed by atoms with van der Waals surface area (Å²) in [5, 5.41) is 4.87. The second-order valence-electron chi connectivity index (χ2n) is 7.56. The van der Waals surface area contributed by atoms with E-state index in [1.807, 2.05) is 68.4 Å². The maximum atomic E-state index is 6.42. The Hall–Kier alpha value is -2.76. The lowest BCUT2D eigenvalue weighted by atomic mass is 10.1. The summed E-state index contributed by atoms with van der Waals surface area (Å²) in [4.78, 5) is 2.15. The molecule has 4 nitrogen and oxygen atoms in total. The highest BCUT2D eigenvalue weighted by Gasteiger charge is 2.13. The SMILES string of the molecule is CCOc1ccc(CCNC(=S)N(Cc2ccccc2)Cc2ccccc2Cl)cc1OCC. The van der Waals surface area contributed by atoms with Crippen LogP contribution in [0.5, 0.6) is 11.5 Å². The molecular weight excluding hydrogens is 452 g/mol. The maximum Gasteiger partial charge on any atom is 0.169 e. The molecule has 6 heteroatoms. The van der Waals surface area contributed by atoms with Crippen molar-refractivity contribution in [2.45, 2.75) is 33.4 Å². The molecule has 0 atom stereocenters. The highest BCUT2D eigenvalue weighted by molar-refractivity contribution is 7.80. The molecule has 0 aromatic heterocycles. The first-order valence-electron chi connectivity index (χ1n) is 11.3. The molecule has 0 aliphatic carbocycles.